The molecular formula is C10H17NO3. The van der Waals surface area contributed by atoms with Crippen LogP contribution in [0.15, 0.2) is 0 Å². The van der Waals surface area contributed by atoms with Crippen molar-refractivity contribution in [3.63, 3.8) is 0 Å². The monoisotopic (exact) mass is 199 g/mol. The Morgan fingerprint density at radius 1 is 1.43 bits per heavy atom. The molecule has 2 atom stereocenters. The van der Waals surface area contributed by atoms with Crippen molar-refractivity contribution in [1.29, 1.82) is 0 Å². The molecule has 2 fully saturated rings. The van der Waals surface area contributed by atoms with Gasteiger partial charge in [0.25, 0.3) is 0 Å². The predicted molar refractivity (Wildman–Crippen MR) is 50.9 cm³/mol. The van der Waals surface area contributed by atoms with E-state index in [-0.39, 0.29) is 24.1 Å². The van der Waals surface area contributed by atoms with Gasteiger partial charge in [-0.05, 0) is 19.8 Å². The first-order valence-corrected chi connectivity index (χ1v) is 5.32. The second kappa shape index (κ2) is 4.28. The highest BCUT2D eigenvalue weighted by molar-refractivity contribution is 5.72. The standard InChI is InChI=1S/C10H17NO3/c1-2-13-10(12)7-3-8-5-11-6-9(4-7)14-8/h7-9,11H,2-6H2,1H3. The molecule has 0 aromatic carbocycles. The van der Waals surface area contributed by atoms with E-state index in [4.69, 9.17) is 9.47 Å². The van der Waals surface area contributed by atoms with Crippen LogP contribution in [0, 0.1) is 5.92 Å². The maximum Gasteiger partial charge on any atom is 0.309 e. The number of carbonyl (C=O) groups excluding carboxylic acids is 1. The summed E-state index contributed by atoms with van der Waals surface area (Å²) in [7, 11) is 0. The summed E-state index contributed by atoms with van der Waals surface area (Å²) in [6, 6.07) is 0. The number of esters is 1. The maximum atomic E-state index is 11.5. The van der Waals surface area contributed by atoms with Gasteiger partial charge in [-0.1, -0.05) is 0 Å². The molecule has 2 heterocycles. The Balaban J connectivity index is 1.91. The zero-order valence-corrected chi connectivity index (χ0v) is 8.49. The van der Waals surface area contributed by atoms with E-state index in [1.54, 1.807) is 0 Å². The van der Waals surface area contributed by atoms with E-state index in [9.17, 15) is 4.79 Å². The number of fused-ring (bicyclic) bond motifs is 2. The van der Waals surface area contributed by atoms with E-state index in [1.807, 2.05) is 6.92 Å². The van der Waals surface area contributed by atoms with Crippen LogP contribution >= 0.6 is 0 Å². The first kappa shape index (κ1) is 9.93. The van der Waals surface area contributed by atoms with Crippen LogP contribution in [0.3, 0.4) is 0 Å². The molecule has 2 unspecified atom stereocenters. The van der Waals surface area contributed by atoms with Gasteiger partial charge in [-0.2, -0.15) is 0 Å². The maximum absolute atomic E-state index is 11.5. The molecule has 0 aromatic rings. The van der Waals surface area contributed by atoms with Crippen molar-refractivity contribution >= 4 is 5.97 Å². The summed E-state index contributed by atoms with van der Waals surface area (Å²) < 4.78 is 10.7. The van der Waals surface area contributed by atoms with Crippen LogP contribution in [0.4, 0.5) is 0 Å². The Morgan fingerprint density at radius 2 is 2.07 bits per heavy atom. The van der Waals surface area contributed by atoms with Gasteiger partial charge in [0.05, 0.1) is 24.7 Å². The van der Waals surface area contributed by atoms with Crippen molar-refractivity contribution in [2.75, 3.05) is 19.7 Å². The van der Waals surface area contributed by atoms with Gasteiger partial charge >= 0.3 is 5.97 Å². The van der Waals surface area contributed by atoms with Gasteiger partial charge in [-0.15, -0.1) is 0 Å². The van der Waals surface area contributed by atoms with Gasteiger partial charge in [-0.25, -0.2) is 0 Å². The van der Waals surface area contributed by atoms with Crippen LogP contribution in [0.2, 0.25) is 0 Å². The van der Waals surface area contributed by atoms with Gasteiger partial charge in [0.2, 0.25) is 0 Å². The average molecular weight is 199 g/mol. The van der Waals surface area contributed by atoms with Crippen LogP contribution in [-0.2, 0) is 14.3 Å². The zero-order valence-electron chi connectivity index (χ0n) is 8.49. The molecule has 14 heavy (non-hydrogen) atoms. The summed E-state index contributed by atoms with van der Waals surface area (Å²) in [5.41, 5.74) is 0. The smallest absolute Gasteiger partial charge is 0.309 e. The lowest BCUT2D eigenvalue weighted by Crippen LogP contribution is -2.50. The van der Waals surface area contributed by atoms with E-state index in [1.165, 1.54) is 0 Å². The average Bonchev–Trinajstić information content (AvgIpc) is 2.17. The molecule has 2 saturated heterocycles. The quantitative estimate of drug-likeness (QED) is 0.650. The summed E-state index contributed by atoms with van der Waals surface area (Å²) in [4.78, 5) is 11.5. The number of ether oxygens (including phenoxy) is 2. The fourth-order valence-corrected chi connectivity index (χ4v) is 2.23. The second-order valence-corrected chi connectivity index (χ2v) is 3.96. The van der Waals surface area contributed by atoms with E-state index < -0.39 is 0 Å². The van der Waals surface area contributed by atoms with Gasteiger partial charge in [-0.3, -0.25) is 4.79 Å². The third kappa shape index (κ3) is 2.07. The van der Waals surface area contributed by atoms with Crippen molar-refractivity contribution < 1.29 is 14.3 Å². The molecule has 80 valence electrons. The van der Waals surface area contributed by atoms with Gasteiger partial charge < -0.3 is 14.8 Å². The SMILES string of the molecule is CCOC(=O)C1CC2CNCC(C1)O2. The fourth-order valence-electron chi connectivity index (χ4n) is 2.23. The number of hydrogen-bond donors (Lipinski definition) is 1. The Bertz CT molecular complexity index is 207. The molecule has 0 saturated carbocycles. The van der Waals surface area contributed by atoms with Crippen LogP contribution in [-0.4, -0.2) is 37.9 Å². The van der Waals surface area contributed by atoms with Gasteiger partial charge in [0.1, 0.15) is 0 Å². The first-order valence-electron chi connectivity index (χ1n) is 5.32. The number of rotatable bonds is 2. The Kier molecular flexibility index (Phi) is 3.03. The Morgan fingerprint density at radius 3 is 2.64 bits per heavy atom. The highest BCUT2D eigenvalue weighted by atomic mass is 16.5. The fraction of sp³-hybridized carbons (Fsp3) is 0.900. The first-order chi connectivity index (χ1) is 6.79. The molecule has 2 bridgehead atoms. The highest BCUT2D eigenvalue weighted by Gasteiger charge is 2.36. The third-order valence-electron chi connectivity index (χ3n) is 2.84. The number of nitrogens with one attached hydrogen (secondary N) is 1. The molecule has 4 nitrogen and oxygen atoms in total. The minimum Gasteiger partial charge on any atom is -0.466 e. The van der Waals surface area contributed by atoms with Crippen LogP contribution in [0.25, 0.3) is 0 Å². The molecule has 2 rings (SSSR count). The highest BCUT2D eigenvalue weighted by Crippen LogP contribution is 2.27. The minimum atomic E-state index is -0.0484. The van der Waals surface area contributed by atoms with Crippen molar-refractivity contribution in [2.45, 2.75) is 32.0 Å². The van der Waals surface area contributed by atoms with Crippen molar-refractivity contribution in [2.24, 2.45) is 5.92 Å². The molecular weight excluding hydrogens is 182 g/mol. The molecule has 0 aromatic heterocycles. The Hall–Kier alpha value is -0.610. The lowest BCUT2D eigenvalue weighted by Gasteiger charge is -2.38. The summed E-state index contributed by atoms with van der Waals surface area (Å²) >= 11 is 0. The van der Waals surface area contributed by atoms with Gasteiger partial charge in [0.15, 0.2) is 0 Å². The number of carbonyl (C=O) groups is 1. The van der Waals surface area contributed by atoms with Crippen LogP contribution in [0.1, 0.15) is 19.8 Å². The van der Waals surface area contributed by atoms with E-state index in [2.05, 4.69) is 5.32 Å². The molecule has 0 aliphatic carbocycles. The second-order valence-electron chi connectivity index (χ2n) is 3.96. The molecule has 0 amide bonds. The molecule has 0 spiro atoms. The van der Waals surface area contributed by atoms with E-state index in [0.717, 1.165) is 25.9 Å². The summed E-state index contributed by atoms with van der Waals surface area (Å²) in [6.45, 7) is 4.06. The normalized spacial score (nSPS) is 36.5. The topological polar surface area (TPSA) is 47.6 Å². The molecule has 1 N–H and O–H groups in total. The molecule has 0 radical (unpaired) electrons. The van der Waals surface area contributed by atoms with Crippen molar-refractivity contribution in [3.05, 3.63) is 0 Å². The van der Waals surface area contributed by atoms with E-state index >= 15 is 0 Å². The Labute approximate surface area is 84.0 Å². The zero-order chi connectivity index (χ0) is 9.97. The molecule has 2 aliphatic heterocycles. The largest absolute Gasteiger partial charge is 0.466 e. The minimum absolute atomic E-state index is 0.0484. The number of morpholine rings is 1. The van der Waals surface area contributed by atoms with Crippen LogP contribution < -0.4 is 5.32 Å². The summed E-state index contributed by atoms with van der Waals surface area (Å²) in [5.74, 6) is 0.00787. The van der Waals surface area contributed by atoms with Crippen molar-refractivity contribution in [1.82, 2.24) is 5.32 Å². The lowest BCUT2D eigenvalue weighted by atomic mass is 9.89. The number of hydrogen-bond acceptors (Lipinski definition) is 4. The molecule has 2 aliphatic rings. The van der Waals surface area contributed by atoms with E-state index in [0.29, 0.717) is 6.61 Å². The predicted octanol–water partition coefficient (Wildman–Crippen LogP) is 0.317. The third-order valence-corrected chi connectivity index (χ3v) is 2.84. The van der Waals surface area contributed by atoms with Crippen molar-refractivity contribution in [3.8, 4) is 0 Å². The van der Waals surface area contributed by atoms with Crippen LogP contribution in [0.5, 0.6) is 0 Å². The summed E-state index contributed by atoms with van der Waals surface area (Å²) in [5, 5.41) is 3.30. The summed E-state index contributed by atoms with van der Waals surface area (Å²) in [6.07, 6.45) is 2.03. The lowest BCUT2D eigenvalue weighted by molar-refractivity contribution is -0.159. The molecule has 4 heteroatoms. The van der Waals surface area contributed by atoms with Gasteiger partial charge in [0, 0.05) is 13.1 Å².